The van der Waals surface area contributed by atoms with Crippen LogP contribution in [0.15, 0.2) is 72.8 Å². The van der Waals surface area contributed by atoms with Gasteiger partial charge in [-0.2, -0.15) is 5.26 Å². The summed E-state index contributed by atoms with van der Waals surface area (Å²) in [7, 11) is 0. The predicted molar refractivity (Wildman–Crippen MR) is 101 cm³/mol. The quantitative estimate of drug-likeness (QED) is 0.420. The fraction of sp³-hybridized carbons (Fsp3) is 0. The van der Waals surface area contributed by atoms with Crippen LogP contribution in [0.25, 0.3) is 44.0 Å². The lowest BCUT2D eigenvalue weighted by Crippen LogP contribution is -1.81. The van der Waals surface area contributed by atoms with E-state index in [0.29, 0.717) is 5.56 Å². The number of imidazole rings is 1. The molecule has 25 heavy (non-hydrogen) atoms. The van der Waals surface area contributed by atoms with Crippen molar-refractivity contribution in [2.45, 2.75) is 0 Å². The maximum atomic E-state index is 8.98. The molecule has 0 radical (unpaired) electrons. The summed E-state index contributed by atoms with van der Waals surface area (Å²) in [5, 5.41) is 13.7. The molecule has 0 unspecified atom stereocenters. The van der Waals surface area contributed by atoms with Gasteiger partial charge in [-0.1, -0.05) is 48.5 Å². The van der Waals surface area contributed by atoms with Crippen LogP contribution >= 0.6 is 0 Å². The second-order valence-electron chi connectivity index (χ2n) is 6.09. The van der Waals surface area contributed by atoms with Gasteiger partial charge in [-0.15, -0.1) is 0 Å². The number of hydrogen-bond acceptors (Lipinski definition) is 2. The molecule has 0 atom stereocenters. The smallest absolute Gasteiger partial charge is 0.138 e. The van der Waals surface area contributed by atoms with Crippen LogP contribution in [-0.4, -0.2) is 9.97 Å². The third kappa shape index (κ3) is 2.02. The van der Waals surface area contributed by atoms with E-state index >= 15 is 0 Å². The van der Waals surface area contributed by atoms with Gasteiger partial charge in [-0.25, -0.2) is 4.98 Å². The van der Waals surface area contributed by atoms with Crippen LogP contribution in [0.3, 0.4) is 0 Å². The summed E-state index contributed by atoms with van der Waals surface area (Å²) in [4.78, 5) is 8.37. The SMILES string of the molecule is N#Cc1ccc(-c2nc3c4ccccc4c4ccccc4c3[nH]2)cc1. The molecule has 3 nitrogen and oxygen atoms in total. The molecule has 0 amide bonds. The van der Waals surface area contributed by atoms with E-state index < -0.39 is 0 Å². The molecule has 5 rings (SSSR count). The molecular formula is C22H13N3. The van der Waals surface area contributed by atoms with E-state index in [0.717, 1.165) is 27.8 Å². The Morgan fingerprint density at radius 3 is 2.00 bits per heavy atom. The normalized spacial score (nSPS) is 11.2. The topological polar surface area (TPSA) is 52.5 Å². The summed E-state index contributed by atoms with van der Waals surface area (Å²) in [5.74, 6) is 0.820. The van der Waals surface area contributed by atoms with Gasteiger partial charge in [0, 0.05) is 16.3 Å². The molecular weight excluding hydrogens is 306 g/mol. The van der Waals surface area contributed by atoms with Gasteiger partial charge in [0.05, 0.1) is 22.7 Å². The molecule has 5 aromatic rings. The number of rotatable bonds is 1. The molecule has 1 N–H and O–H groups in total. The van der Waals surface area contributed by atoms with Gasteiger partial charge in [0.2, 0.25) is 0 Å². The van der Waals surface area contributed by atoms with Gasteiger partial charge in [-0.05, 0) is 35.0 Å². The van der Waals surface area contributed by atoms with Gasteiger partial charge in [0.25, 0.3) is 0 Å². The van der Waals surface area contributed by atoms with Crippen molar-refractivity contribution in [3.05, 3.63) is 78.4 Å². The first-order valence-electron chi connectivity index (χ1n) is 8.15. The first kappa shape index (κ1) is 13.8. The van der Waals surface area contributed by atoms with E-state index in [2.05, 4.69) is 53.5 Å². The van der Waals surface area contributed by atoms with E-state index in [1.54, 1.807) is 0 Å². The minimum Gasteiger partial charge on any atom is -0.337 e. The highest BCUT2D eigenvalue weighted by Crippen LogP contribution is 2.35. The van der Waals surface area contributed by atoms with Gasteiger partial charge in [0.15, 0.2) is 0 Å². The minimum atomic E-state index is 0.649. The number of nitriles is 1. The van der Waals surface area contributed by atoms with Crippen LogP contribution < -0.4 is 0 Å². The van der Waals surface area contributed by atoms with Crippen molar-refractivity contribution in [3.8, 4) is 17.5 Å². The van der Waals surface area contributed by atoms with Gasteiger partial charge in [0.1, 0.15) is 5.82 Å². The molecule has 3 heteroatoms. The molecule has 1 heterocycles. The summed E-state index contributed by atoms with van der Waals surface area (Å²) in [6.45, 7) is 0. The molecule has 0 saturated carbocycles. The Morgan fingerprint density at radius 1 is 0.720 bits per heavy atom. The Morgan fingerprint density at radius 2 is 1.32 bits per heavy atom. The number of benzene rings is 4. The van der Waals surface area contributed by atoms with E-state index in [-0.39, 0.29) is 0 Å². The van der Waals surface area contributed by atoms with Crippen molar-refractivity contribution in [3.63, 3.8) is 0 Å². The highest BCUT2D eigenvalue weighted by atomic mass is 14.9. The van der Waals surface area contributed by atoms with Crippen LogP contribution in [0.2, 0.25) is 0 Å². The Balaban J connectivity index is 1.88. The third-order valence-electron chi connectivity index (χ3n) is 4.66. The van der Waals surface area contributed by atoms with E-state index in [9.17, 15) is 0 Å². The number of nitrogens with zero attached hydrogens (tertiary/aromatic N) is 2. The Hall–Kier alpha value is -3.64. The van der Waals surface area contributed by atoms with Crippen LogP contribution in [-0.2, 0) is 0 Å². The van der Waals surface area contributed by atoms with Gasteiger partial charge in [-0.3, -0.25) is 0 Å². The van der Waals surface area contributed by atoms with Crippen molar-refractivity contribution in [2.24, 2.45) is 0 Å². The van der Waals surface area contributed by atoms with E-state index in [4.69, 9.17) is 10.2 Å². The van der Waals surface area contributed by atoms with Crippen molar-refractivity contribution in [1.82, 2.24) is 9.97 Å². The Labute approximate surface area is 144 Å². The largest absolute Gasteiger partial charge is 0.337 e. The average Bonchev–Trinajstić information content (AvgIpc) is 3.14. The van der Waals surface area contributed by atoms with Crippen molar-refractivity contribution in [2.75, 3.05) is 0 Å². The molecule has 0 spiro atoms. The summed E-state index contributed by atoms with van der Waals surface area (Å²) >= 11 is 0. The van der Waals surface area contributed by atoms with E-state index in [1.165, 1.54) is 16.2 Å². The minimum absolute atomic E-state index is 0.649. The van der Waals surface area contributed by atoms with Gasteiger partial charge < -0.3 is 4.98 Å². The van der Waals surface area contributed by atoms with Gasteiger partial charge >= 0.3 is 0 Å². The predicted octanol–water partition coefficient (Wildman–Crippen LogP) is 5.41. The van der Waals surface area contributed by atoms with Crippen LogP contribution in [0.1, 0.15) is 5.56 Å². The molecule has 1 aromatic heterocycles. The van der Waals surface area contributed by atoms with Crippen molar-refractivity contribution < 1.29 is 0 Å². The lowest BCUT2D eigenvalue weighted by Gasteiger charge is -2.05. The summed E-state index contributed by atoms with van der Waals surface area (Å²) in [5.41, 5.74) is 3.65. The van der Waals surface area contributed by atoms with Crippen molar-refractivity contribution in [1.29, 1.82) is 5.26 Å². The number of aromatic nitrogens is 2. The van der Waals surface area contributed by atoms with Crippen LogP contribution in [0.4, 0.5) is 0 Å². The second kappa shape index (κ2) is 5.19. The Kier molecular flexibility index (Phi) is 2.86. The molecule has 0 aliphatic carbocycles. The highest BCUT2D eigenvalue weighted by molar-refractivity contribution is 6.23. The number of aromatic amines is 1. The first-order valence-corrected chi connectivity index (χ1v) is 8.15. The molecule has 4 aromatic carbocycles. The average molecular weight is 319 g/mol. The number of fused-ring (bicyclic) bond motifs is 6. The second-order valence-corrected chi connectivity index (χ2v) is 6.09. The fourth-order valence-corrected chi connectivity index (χ4v) is 3.46. The molecule has 116 valence electrons. The zero-order chi connectivity index (χ0) is 16.8. The number of nitrogens with one attached hydrogen (secondary N) is 1. The standard InChI is InChI=1S/C22H13N3/c23-13-14-9-11-15(12-10-14)22-24-20-18-7-3-1-5-16(18)17-6-2-4-8-19(17)21(20)25-22/h1-12H,(H,24,25). The fourth-order valence-electron chi connectivity index (χ4n) is 3.46. The molecule has 0 fully saturated rings. The maximum Gasteiger partial charge on any atom is 0.138 e. The lowest BCUT2D eigenvalue weighted by molar-refractivity contribution is 1.34. The number of H-pyrrole nitrogens is 1. The maximum absolute atomic E-state index is 8.98. The van der Waals surface area contributed by atoms with Crippen molar-refractivity contribution >= 4 is 32.6 Å². The summed E-state index contributed by atoms with van der Waals surface area (Å²) in [6.07, 6.45) is 0. The molecule has 0 aliphatic heterocycles. The molecule has 0 aliphatic rings. The zero-order valence-corrected chi connectivity index (χ0v) is 13.3. The lowest BCUT2D eigenvalue weighted by atomic mass is 10.0. The summed E-state index contributed by atoms with van der Waals surface area (Å²) < 4.78 is 0. The van der Waals surface area contributed by atoms with E-state index in [1.807, 2.05) is 30.3 Å². The first-order chi connectivity index (χ1) is 12.3. The third-order valence-corrected chi connectivity index (χ3v) is 4.66. The molecule has 0 bridgehead atoms. The monoisotopic (exact) mass is 319 g/mol. The highest BCUT2D eigenvalue weighted by Gasteiger charge is 2.13. The van der Waals surface area contributed by atoms with Crippen LogP contribution in [0.5, 0.6) is 0 Å². The molecule has 0 saturated heterocycles. The Bertz CT molecular complexity index is 1220. The summed E-state index contributed by atoms with van der Waals surface area (Å²) in [6, 6.07) is 26.4. The number of hydrogen-bond donors (Lipinski definition) is 1. The zero-order valence-electron chi connectivity index (χ0n) is 13.3. The van der Waals surface area contributed by atoms with Crippen LogP contribution in [0, 0.1) is 11.3 Å².